The molecule has 0 radical (unpaired) electrons. The van der Waals surface area contributed by atoms with Crippen LogP contribution in [0.15, 0.2) is 29.3 Å². The van der Waals surface area contributed by atoms with Gasteiger partial charge in [-0.05, 0) is 18.9 Å². The first-order valence-electron chi connectivity index (χ1n) is 4.52. The summed E-state index contributed by atoms with van der Waals surface area (Å²) < 4.78 is 0. The first-order valence-corrected chi connectivity index (χ1v) is 5.05. The molecule has 2 heteroatoms. The van der Waals surface area contributed by atoms with Gasteiger partial charge >= 0.3 is 0 Å². The van der Waals surface area contributed by atoms with E-state index in [1.165, 1.54) is 11.1 Å². The summed E-state index contributed by atoms with van der Waals surface area (Å²) in [4.78, 5) is 4.53. The zero-order chi connectivity index (χ0) is 9.26. The van der Waals surface area contributed by atoms with Crippen molar-refractivity contribution in [2.45, 2.75) is 19.4 Å². The summed E-state index contributed by atoms with van der Waals surface area (Å²) in [6.45, 7) is 2.13. The molecule has 1 aromatic carbocycles. The zero-order valence-corrected chi connectivity index (χ0v) is 8.38. The van der Waals surface area contributed by atoms with Crippen LogP contribution in [0.4, 0.5) is 0 Å². The molecule has 0 bridgehead atoms. The molecule has 1 aliphatic heterocycles. The summed E-state index contributed by atoms with van der Waals surface area (Å²) >= 11 is 5.84. The summed E-state index contributed by atoms with van der Waals surface area (Å²) in [5, 5.41) is 0. The number of nitrogens with zero attached hydrogens (tertiary/aromatic N) is 1. The number of rotatable bonds is 1. The highest BCUT2D eigenvalue weighted by Crippen LogP contribution is 2.19. The monoisotopic (exact) mass is 193 g/mol. The fourth-order valence-corrected chi connectivity index (χ4v) is 2.00. The van der Waals surface area contributed by atoms with Crippen molar-refractivity contribution in [2.24, 2.45) is 4.99 Å². The molecule has 1 aliphatic rings. The summed E-state index contributed by atoms with van der Waals surface area (Å²) in [7, 11) is 0. The van der Waals surface area contributed by atoms with E-state index in [0.717, 1.165) is 12.1 Å². The molecule has 1 aromatic rings. The maximum Gasteiger partial charge on any atom is 0.0649 e. The summed E-state index contributed by atoms with van der Waals surface area (Å²) in [6, 6.07) is 8.75. The van der Waals surface area contributed by atoms with E-state index in [1.54, 1.807) is 0 Å². The number of fused-ring (bicyclic) bond motifs is 1. The molecular formula is C11H12ClN. The van der Waals surface area contributed by atoms with Crippen LogP contribution < -0.4 is 0 Å². The Hall–Kier alpha value is -0.820. The van der Waals surface area contributed by atoms with Gasteiger partial charge in [-0.1, -0.05) is 24.3 Å². The minimum Gasteiger partial charge on any atom is -0.284 e. The third-order valence-corrected chi connectivity index (χ3v) is 2.60. The van der Waals surface area contributed by atoms with Gasteiger partial charge in [-0.15, -0.1) is 11.6 Å². The van der Waals surface area contributed by atoms with Crippen molar-refractivity contribution in [3.05, 3.63) is 35.4 Å². The smallest absolute Gasteiger partial charge is 0.0649 e. The van der Waals surface area contributed by atoms with Crippen LogP contribution >= 0.6 is 11.6 Å². The van der Waals surface area contributed by atoms with Crippen molar-refractivity contribution in [1.82, 2.24) is 0 Å². The lowest BCUT2D eigenvalue weighted by Gasteiger charge is -2.19. The molecule has 1 heterocycles. The van der Waals surface area contributed by atoms with E-state index in [4.69, 9.17) is 11.6 Å². The highest BCUT2D eigenvalue weighted by molar-refractivity contribution is 6.32. The molecule has 0 fully saturated rings. The number of alkyl halides is 1. The SMILES string of the molecule is CC1Cc2ccccc2C(CCl)=N1. The van der Waals surface area contributed by atoms with Gasteiger partial charge in [-0.25, -0.2) is 0 Å². The van der Waals surface area contributed by atoms with Crippen LogP contribution in [-0.4, -0.2) is 17.6 Å². The van der Waals surface area contributed by atoms with E-state index in [-0.39, 0.29) is 0 Å². The largest absolute Gasteiger partial charge is 0.284 e. The second-order valence-electron chi connectivity index (χ2n) is 3.42. The third kappa shape index (κ3) is 1.61. The number of hydrogen-bond acceptors (Lipinski definition) is 1. The molecule has 2 rings (SSSR count). The van der Waals surface area contributed by atoms with Gasteiger partial charge in [0.05, 0.1) is 17.6 Å². The molecule has 0 spiro atoms. The maximum atomic E-state index is 5.84. The quantitative estimate of drug-likeness (QED) is 0.609. The molecule has 0 aliphatic carbocycles. The van der Waals surface area contributed by atoms with Gasteiger partial charge in [-0.2, -0.15) is 0 Å². The van der Waals surface area contributed by atoms with Gasteiger partial charge in [0, 0.05) is 5.56 Å². The van der Waals surface area contributed by atoms with E-state index >= 15 is 0 Å². The first kappa shape index (κ1) is 8.76. The van der Waals surface area contributed by atoms with Gasteiger partial charge in [0.15, 0.2) is 0 Å². The molecular weight excluding hydrogens is 182 g/mol. The Morgan fingerprint density at radius 1 is 1.46 bits per heavy atom. The van der Waals surface area contributed by atoms with Crippen LogP contribution in [0.25, 0.3) is 0 Å². The van der Waals surface area contributed by atoms with E-state index in [0.29, 0.717) is 11.9 Å². The first-order chi connectivity index (χ1) is 6.31. The van der Waals surface area contributed by atoms with E-state index < -0.39 is 0 Å². The molecule has 13 heavy (non-hydrogen) atoms. The van der Waals surface area contributed by atoms with Crippen LogP contribution in [0.1, 0.15) is 18.1 Å². The normalized spacial score (nSPS) is 20.8. The highest BCUT2D eigenvalue weighted by atomic mass is 35.5. The predicted octanol–water partition coefficient (Wildman–Crippen LogP) is 2.66. The maximum absolute atomic E-state index is 5.84. The van der Waals surface area contributed by atoms with Gasteiger partial charge in [-0.3, -0.25) is 4.99 Å². The second kappa shape index (κ2) is 3.51. The van der Waals surface area contributed by atoms with Gasteiger partial charge in [0.1, 0.15) is 0 Å². The van der Waals surface area contributed by atoms with Crippen molar-refractivity contribution in [1.29, 1.82) is 0 Å². The van der Waals surface area contributed by atoms with Crippen molar-refractivity contribution >= 4 is 17.3 Å². The minimum atomic E-state index is 0.378. The molecule has 0 saturated heterocycles. The van der Waals surface area contributed by atoms with E-state index in [9.17, 15) is 0 Å². The molecule has 0 saturated carbocycles. The molecule has 1 atom stereocenters. The zero-order valence-electron chi connectivity index (χ0n) is 7.63. The van der Waals surface area contributed by atoms with Gasteiger partial charge in [0.2, 0.25) is 0 Å². The van der Waals surface area contributed by atoms with Crippen molar-refractivity contribution in [3.8, 4) is 0 Å². The second-order valence-corrected chi connectivity index (χ2v) is 3.69. The Morgan fingerprint density at radius 3 is 3.00 bits per heavy atom. The molecule has 0 N–H and O–H groups in total. The number of halogens is 1. The minimum absolute atomic E-state index is 0.378. The van der Waals surface area contributed by atoms with Crippen LogP contribution in [0.3, 0.4) is 0 Å². The van der Waals surface area contributed by atoms with Crippen molar-refractivity contribution in [3.63, 3.8) is 0 Å². The summed E-state index contributed by atoms with van der Waals surface area (Å²) in [5.74, 6) is 0.515. The highest BCUT2D eigenvalue weighted by Gasteiger charge is 2.16. The Kier molecular flexibility index (Phi) is 2.36. The topological polar surface area (TPSA) is 12.4 Å². The van der Waals surface area contributed by atoms with Crippen molar-refractivity contribution in [2.75, 3.05) is 5.88 Å². The molecule has 1 nitrogen and oxygen atoms in total. The Morgan fingerprint density at radius 2 is 2.23 bits per heavy atom. The lowest BCUT2D eigenvalue weighted by molar-refractivity contribution is 0.727. The Bertz CT molecular complexity index is 344. The van der Waals surface area contributed by atoms with Crippen LogP contribution in [0.2, 0.25) is 0 Å². The molecule has 0 aromatic heterocycles. The van der Waals surface area contributed by atoms with Crippen molar-refractivity contribution < 1.29 is 0 Å². The molecule has 0 amide bonds. The Labute approximate surface area is 83.4 Å². The van der Waals surface area contributed by atoms with E-state index in [1.807, 2.05) is 6.07 Å². The number of aliphatic imine (C=N–C) groups is 1. The fourth-order valence-electron chi connectivity index (χ4n) is 1.79. The lowest BCUT2D eigenvalue weighted by atomic mass is 9.95. The van der Waals surface area contributed by atoms with Crippen LogP contribution in [0.5, 0.6) is 0 Å². The fraction of sp³-hybridized carbons (Fsp3) is 0.364. The van der Waals surface area contributed by atoms with Crippen LogP contribution in [-0.2, 0) is 6.42 Å². The molecule has 68 valence electrons. The number of hydrogen-bond donors (Lipinski definition) is 0. The average Bonchev–Trinajstić information content (AvgIpc) is 2.16. The lowest BCUT2D eigenvalue weighted by Crippen LogP contribution is -2.19. The Balaban J connectivity index is 2.49. The average molecular weight is 194 g/mol. The summed E-state index contributed by atoms with van der Waals surface area (Å²) in [6.07, 6.45) is 1.04. The summed E-state index contributed by atoms with van der Waals surface area (Å²) in [5.41, 5.74) is 3.65. The standard InChI is InChI=1S/C11H12ClN/c1-8-6-9-4-2-3-5-10(9)11(7-12)13-8/h2-5,8H,6-7H2,1H3. The van der Waals surface area contributed by atoms with Crippen LogP contribution in [0, 0.1) is 0 Å². The van der Waals surface area contributed by atoms with Gasteiger partial charge < -0.3 is 0 Å². The van der Waals surface area contributed by atoms with Gasteiger partial charge in [0.25, 0.3) is 0 Å². The van der Waals surface area contributed by atoms with E-state index in [2.05, 4.69) is 30.1 Å². The predicted molar refractivity (Wildman–Crippen MR) is 56.9 cm³/mol. The molecule has 1 unspecified atom stereocenters. The number of benzene rings is 1. The third-order valence-electron chi connectivity index (χ3n) is 2.35.